The van der Waals surface area contributed by atoms with Crippen LogP contribution >= 0.6 is 0 Å². The predicted molar refractivity (Wildman–Crippen MR) is 59.1 cm³/mol. The number of hydrogen-bond acceptors (Lipinski definition) is 2. The number of sulfone groups is 1. The molecule has 0 saturated heterocycles. The van der Waals surface area contributed by atoms with Crippen LogP contribution < -0.4 is 0 Å². The summed E-state index contributed by atoms with van der Waals surface area (Å²) < 4.78 is 59.5. The highest BCUT2D eigenvalue weighted by molar-refractivity contribution is 7.90. The first kappa shape index (κ1) is 13.8. The lowest BCUT2D eigenvalue weighted by Gasteiger charge is -2.07. The number of alkyl halides is 3. The minimum Gasteiger partial charge on any atom is -0.228 e. The maximum Gasteiger partial charge on any atom is 0.416 e. The van der Waals surface area contributed by atoms with Crippen molar-refractivity contribution in [2.75, 3.05) is 5.75 Å². The zero-order chi connectivity index (χ0) is 13.1. The van der Waals surface area contributed by atoms with Crippen LogP contribution in [0, 0.1) is 0 Å². The molecule has 0 fully saturated rings. The average Bonchev–Trinajstić information content (AvgIpc) is 2.16. The Hall–Kier alpha value is -1.30. The molecule has 1 aromatic rings. The number of rotatable bonds is 4. The summed E-state index contributed by atoms with van der Waals surface area (Å²) in [6.07, 6.45) is -3.15. The van der Waals surface area contributed by atoms with E-state index < -0.39 is 21.6 Å². The zero-order valence-electron chi connectivity index (χ0n) is 8.87. The second-order valence-corrected chi connectivity index (χ2v) is 5.65. The van der Waals surface area contributed by atoms with Gasteiger partial charge in [0.05, 0.1) is 17.1 Å². The third-order valence-corrected chi connectivity index (χ3v) is 3.56. The van der Waals surface area contributed by atoms with Crippen LogP contribution in [0.25, 0.3) is 0 Å². The lowest BCUT2D eigenvalue weighted by molar-refractivity contribution is -0.137. The summed E-state index contributed by atoms with van der Waals surface area (Å²) in [5.74, 6) is -0.467. The first-order valence-electron chi connectivity index (χ1n) is 4.72. The summed E-state index contributed by atoms with van der Waals surface area (Å²) in [4.78, 5) is 0. The maximum atomic E-state index is 12.2. The van der Waals surface area contributed by atoms with Gasteiger partial charge < -0.3 is 0 Å². The fourth-order valence-electron chi connectivity index (χ4n) is 1.28. The quantitative estimate of drug-likeness (QED) is 0.784. The van der Waals surface area contributed by atoms with E-state index >= 15 is 0 Å². The van der Waals surface area contributed by atoms with E-state index in [4.69, 9.17) is 0 Å². The fraction of sp³-hybridized carbons (Fsp3) is 0.273. The first-order valence-corrected chi connectivity index (χ1v) is 6.54. The van der Waals surface area contributed by atoms with Crippen molar-refractivity contribution in [3.63, 3.8) is 0 Å². The molecular formula is C11H11F3O2S. The van der Waals surface area contributed by atoms with Crippen molar-refractivity contribution in [3.05, 3.63) is 48.0 Å². The molecule has 0 heterocycles. The Morgan fingerprint density at radius 1 is 1.18 bits per heavy atom. The number of halogens is 3. The lowest BCUT2D eigenvalue weighted by atomic mass is 10.1. The van der Waals surface area contributed by atoms with E-state index in [1.807, 2.05) is 0 Å². The molecule has 0 aliphatic carbocycles. The first-order chi connectivity index (χ1) is 7.74. The van der Waals surface area contributed by atoms with Crippen LogP contribution in [0.5, 0.6) is 0 Å². The summed E-state index contributed by atoms with van der Waals surface area (Å²) in [6, 6.07) is 4.09. The van der Waals surface area contributed by atoms with Crippen molar-refractivity contribution in [1.82, 2.24) is 0 Å². The second-order valence-electron chi connectivity index (χ2n) is 3.54. The third kappa shape index (κ3) is 4.22. The molecule has 0 amide bonds. The van der Waals surface area contributed by atoms with Gasteiger partial charge in [0.25, 0.3) is 0 Å². The normalized spacial score (nSPS) is 12.4. The maximum absolute atomic E-state index is 12.2. The highest BCUT2D eigenvalue weighted by Gasteiger charge is 2.30. The van der Waals surface area contributed by atoms with Gasteiger partial charge in [0, 0.05) is 0 Å². The summed E-state index contributed by atoms with van der Waals surface area (Å²) in [7, 11) is -3.33. The van der Waals surface area contributed by atoms with E-state index in [-0.39, 0.29) is 11.5 Å². The van der Waals surface area contributed by atoms with Crippen molar-refractivity contribution >= 4 is 9.84 Å². The van der Waals surface area contributed by atoms with Crippen molar-refractivity contribution in [3.8, 4) is 0 Å². The Labute approximate surface area is 97.7 Å². The van der Waals surface area contributed by atoms with Gasteiger partial charge in [-0.1, -0.05) is 18.2 Å². The molecule has 94 valence electrons. The van der Waals surface area contributed by atoms with Crippen LogP contribution in [0.1, 0.15) is 11.1 Å². The van der Waals surface area contributed by atoms with Crippen LogP contribution in [-0.4, -0.2) is 14.2 Å². The zero-order valence-corrected chi connectivity index (χ0v) is 9.68. The molecule has 0 aliphatic heterocycles. The Kier molecular flexibility index (Phi) is 3.98. The van der Waals surface area contributed by atoms with Gasteiger partial charge in [-0.25, -0.2) is 8.42 Å². The molecule has 1 aromatic carbocycles. The van der Waals surface area contributed by atoms with Crippen LogP contribution in [0.3, 0.4) is 0 Å². The minimum atomic E-state index is -4.40. The SMILES string of the molecule is C=CCS(=O)(=O)Cc1ccc(C(F)(F)F)cc1. The van der Waals surface area contributed by atoms with Gasteiger partial charge in [-0.15, -0.1) is 6.58 Å². The molecule has 0 saturated carbocycles. The van der Waals surface area contributed by atoms with Gasteiger partial charge in [-0.05, 0) is 17.7 Å². The van der Waals surface area contributed by atoms with Gasteiger partial charge in [0.15, 0.2) is 9.84 Å². The van der Waals surface area contributed by atoms with Crippen molar-refractivity contribution in [2.45, 2.75) is 11.9 Å². The van der Waals surface area contributed by atoms with Crippen LogP contribution in [-0.2, 0) is 21.8 Å². The van der Waals surface area contributed by atoms with Crippen LogP contribution in [0.15, 0.2) is 36.9 Å². The highest BCUT2D eigenvalue weighted by atomic mass is 32.2. The molecule has 0 radical (unpaired) electrons. The van der Waals surface area contributed by atoms with Gasteiger partial charge in [-0.2, -0.15) is 13.2 Å². The Morgan fingerprint density at radius 2 is 1.71 bits per heavy atom. The van der Waals surface area contributed by atoms with Crippen LogP contribution in [0.2, 0.25) is 0 Å². The third-order valence-electron chi connectivity index (χ3n) is 2.04. The Bertz CT molecular complexity index is 486. The molecule has 0 aromatic heterocycles. The van der Waals surface area contributed by atoms with E-state index in [2.05, 4.69) is 6.58 Å². The fourth-order valence-corrected chi connectivity index (χ4v) is 2.46. The molecule has 0 bridgehead atoms. The second kappa shape index (κ2) is 4.91. The Balaban J connectivity index is 2.86. The molecule has 0 unspecified atom stereocenters. The summed E-state index contributed by atoms with van der Waals surface area (Å²) in [6.45, 7) is 3.31. The predicted octanol–water partition coefficient (Wildman–Crippen LogP) is 2.81. The standard InChI is InChI=1S/C11H11F3O2S/c1-2-7-17(15,16)8-9-3-5-10(6-4-9)11(12,13)14/h2-6H,1,7-8H2. The lowest BCUT2D eigenvalue weighted by Crippen LogP contribution is -2.08. The summed E-state index contributed by atoms with van der Waals surface area (Å²) in [5, 5.41) is 0. The summed E-state index contributed by atoms with van der Waals surface area (Å²) in [5.41, 5.74) is -0.456. The molecule has 0 N–H and O–H groups in total. The van der Waals surface area contributed by atoms with Gasteiger partial charge in [0.1, 0.15) is 0 Å². The van der Waals surface area contributed by atoms with Crippen molar-refractivity contribution in [2.24, 2.45) is 0 Å². The molecule has 17 heavy (non-hydrogen) atoms. The number of hydrogen-bond donors (Lipinski definition) is 0. The van der Waals surface area contributed by atoms with E-state index in [0.717, 1.165) is 12.1 Å². The monoisotopic (exact) mass is 264 g/mol. The van der Waals surface area contributed by atoms with Crippen molar-refractivity contribution < 1.29 is 21.6 Å². The molecule has 6 heteroatoms. The van der Waals surface area contributed by atoms with E-state index in [1.165, 1.54) is 18.2 Å². The highest BCUT2D eigenvalue weighted by Crippen LogP contribution is 2.29. The average molecular weight is 264 g/mol. The largest absolute Gasteiger partial charge is 0.416 e. The molecule has 0 aliphatic rings. The van der Waals surface area contributed by atoms with Gasteiger partial charge >= 0.3 is 6.18 Å². The molecule has 0 spiro atoms. The van der Waals surface area contributed by atoms with E-state index in [1.54, 1.807) is 0 Å². The van der Waals surface area contributed by atoms with Crippen LogP contribution in [0.4, 0.5) is 13.2 Å². The van der Waals surface area contributed by atoms with Gasteiger partial charge in [-0.3, -0.25) is 0 Å². The molecule has 1 rings (SSSR count). The van der Waals surface area contributed by atoms with Crippen molar-refractivity contribution in [1.29, 1.82) is 0 Å². The minimum absolute atomic E-state index is 0.186. The summed E-state index contributed by atoms with van der Waals surface area (Å²) >= 11 is 0. The van der Waals surface area contributed by atoms with Gasteiger partial charge in [0.2, 0.25) is 0 Å². The Morgan fingerprint density at radius 3 is 2.12 bits per heavy atom. The molecule has 0 atom stereocenters. The number of benzene rings is 1. The molecular weight excluding hydrogens is 253 g/mol. The smallest absolute Gasteiger partial charge is 0.228 e. The molecule has 2 nitrogen and oxygen atoms in total. The van der Waals surface area contributed by atoms with E-state index in [9.17, 15) is 21.6 Å². The topological polar surface area (TPSA) is 34.1 Å². The van der Waals surface area contributed by atoms with E-state index in [0.29, 0.717) is 5.56 Å².